The Labute approximate surface area is 180 Å². The molecule has 30 heavy (non-hydrogen) atoms. The van der Waals surface area contributed by atoms with E-state index in [2.05, 4.69) is 0 Å². The summed E-state index contributed by atoms with van der Waals surface area (Å²) >= 11 is 6.69. The number of benzene rings is 2. The molecule has 2 aromatic carbocycles. The summed E-state index contributed by atoms with van der Waals surface area (Å²) in [6, 6.07) is 14.6. The Hall–Kier alpha value is -3.29. The number of rotatable bonds is 4. The molecule has 0 aliphatic carbocycles. The van der Waals surface area contributed by atoms with Crippen LogP contribution in [0.4, 0.5) is 10.5 Å². The van der Waals surface area contributed by atoms with Crippen molar-refractivity contribution < 1.29 is 23.9 Å². The first kappa shape index (κ1) is 20.0. The van der Waals surface area contributed by atoms with Gasteiger partial charge in [0.25, 0.3) is 11.1 Å². The van der Waals surface area contributed by atoms with Gasteiger partial charge in [0.1, 0.15) is 11.5 Å². The molecule has 2 heterocycles. The molecule has 0 spiro atoms. The number of aryl methyl sites for hydroxylation is 1. The molecule has 0 radical (unpaired) electrons. The number of aromatic carboxylic acids is 1. The molecule has 0 bridgehead atoms. The lowest BCUT2D eigenvalue weighted by Gasteiger charge is -2.11. The normalized spacial score (nSPS) is 15.3. The zero-order valence-corrected chi connectivity index (χ0v) is 17.2. The van der Waals surface area contributed by atoms with Crippen LogP contribution in [-0.2, 0) is 4.79 Å². The number of carboxylic acid groups (broad SMARTS) is 1. The molecule has 3 aromatic rings. The van der Waals surface area contributed by atoms with E-state index in [0.29, 0.717) is 27.8 Å². The molecule has 0 unspecified atom stereocenters. The summed E-state index contributed by atoms with van der Waals surface area (Å²) in [4.78, 5) is 37.6. The van der Waals surface area contributed by atoms with Crippen molar-refractivity contribution in [3.05, 3.63) is 81.4 Å². The zero-order valence-electron chi connectivity index (χ0n) is 15.6. The van der Waals surface area contributed by atoms with Gasteiger partial charge in [0, 0.05) is 16.7 Å². The van der Waals surface area contributed by atoms with Crippen molar-refractivity contribution in [1.29, 1.82) is 0 Å². The Balaban J connectivity index is 1.63. The molecule has 8 heteroatoms. The lowest BCUT2D eigenvalue weighted by Crippen LogP contribution is -2.27. The van der Waals surface area contributed by atoms with E-state index in [4.69, 9.17) is 16.0 Å². The molecule has 0 atom stereocenters. The van der Waals surface area contributed by atoms with Gasteiger partial charge in [-0.05, 0) is 72.8 Å². The van der Waals surface area contributed by atoms with Crippen LogP contribution in [0, 0.1) is 6.92 Å². The van der Waals surface area contributed by atoms with E-state index >= 15 is 0 Å². The molecule has 1 aliphatic heterocycles. The monoisotopic (exact) mass is 439 g/mol. The van der Waals surface area contributed by atoms with Gasteiger partial charge in [-0.3, -0.25) is 9.59 Å². The topological polar surface area (TPSA) is 87.8 Å². The van der Waals surface area contributed by atoms with Gasteiger partial charge in [-0.15, -0.1) is 0 Å². The van der Waals surface area contributed by atoms with Crippen LogP contribution >= 0.6 is 23.4 Å². The minimum absolute atomic E-state index is 0.151. The molecule has 1 fully saturated rings. The third kappa shape index (κ3) is 3.77. The van der Waals surface area contributed by atoms with Crippen molar-refractivity contribution in [3.8, 4) is 11.3 Å². The number of hydrogen-bond acceptors (Lipinski definition) is 5. The Morgan fingerprint density at radius 1 is 1.10 bits per heavy atom. The number of anilines is 1. The van der Waals surface area contributed by atoms with E-state index in [1.165, 1.54) is 18.2 Å². The van der Waals surface area contributed by atoms with Gasteiger partial charge in [0.2, 0.25) is 0 Å². The molecule has 1 N–H and O–H groups in total. The average molecular weight is 440 g/mol. The van der Waals surface area contributed by atoms with Crippen LogP contribution in [0.3, 0.4) is 0 Å². The maximum Gasteiger partial charge on any atom is 0.335 e. The smallest absolute Gasteiger partial charge is 0.335 e. The van der Waals surface area contributed by atoms with Crippen LogP contribution in [0.25, 0.3) is 17.4 Å². The SMILES string of the molecule is Cc1ccc(C(=O)O)cc1-c1ccc(/C=C2/SC(=O)N(c3ccc(Cl)cc3)C2=O)o1. The molecule has 1 aromatic heterocycles. The fourth-order valence-corrected chi connectivity index (χ4v) is 3.95. The number of halogens is 1. The van der Waals surface area contributed by atoms with Gasteiger partial charge in [-0.25, -0.2) is 9.69 Å². The maximum atomic E-state index is 12.7. The summed E-state index contributed by atoms with van der Waals surface area (Å²) in [6.07, 6.45) is 1.50. The standard InChI is InChI=1S/C22H14ClNO5S/c1-12-2-3-13(21(26)27)10-17(12)18-9-8-16(29-18)11-19-20(25)24(22(28)30-19)15-6-4-14(23)5-7-15/h2-11H,1H3,(H,26,27)/b19-11+. The Morgan fingerprint density at radius 2 is 1.83 bits per heavy atom. The van der Waals surface area contributed by atoms with Crippen LogP contribution in [0.2, 0.25) is 5.02 Å². The minimum atomic E-state index is -1.03. The first-order chi connectivity index (χ1) is 14.3. The minimum Gasteiger partial charge on any atom is -0.478 e. The van der Waals surface area contributed by atoms with E-state index < -0.39 is 17.1 Å². The van der Waals surface area contributed by atoms with Crippen molar-refractivity contribution in [2.45, 2.75) is 6.92 Å². The third-order valence-corrected chi connectivity index (χ3v) is 5.65. The molecule has 4 rings (SSSR count). The van der Waals surface area contributed by atoms with Crippen LogP contribution in [0.1, 0.15) is 21.7 Å². The third-order valence-electron chi connectivity index (χ3n) is 4.53. The van der Waals surface area contributed by atoms with E-state index in [1.54, 1.807) is 42.5 Å². The number of carboxylic acids is 1. The highest BCUT2D eigenvalue weighted by Gasteiger charge is 2.36. The van der Waals surface area contributed by atoms with Crippen LogP contribution in [0.5, 0.6) is 0 Å². The van der Waals surface area contributed by atoms with E-state index in [1.807, 2.05) is 6.92 Å². The van der Waals surface area contributed by atoms with Gasteiger partial charge < -0.3 is 9.52 Å². The van der Waals surface area contributed by atoms with Crippen LogP contribution < -0.4 is 4.90 Å². The number of carbonyl (C=O) groups is 3. The van der Waals surface area contributed by atoms with Gasteiger partial charge >= 0.3 is 5.97 Å². The van der Waals surface area contributed by atoms with Crippen molar-refractivity contribution in [3.63, 3.8) is 0 Å². The van der Waals surface area contributed by atoms with Gasteiger partial charge in [-0.2, -0.15) is 0 Å². The number of imide groups is 1. The zero-order chi connectivity index (χ0) is 21.4. The number of carbonyl (C=O) groups excluding carboxylic acids is 2. The number of furan rings is 1. The summed E-state index contributed by atoms with van der Waals surface area (Å²) in [5.74, 6) is -0.626. The summed E-state index contributed by atoms with van der Waals surface area (Å²) in [7, 11) is 0. The summed E-state index contributed by atoms with van der Waals surface area (Å²) in [6.45, 7) is 1.85. The van der Waals surface area contributed by atoms with Crippen molar-refractivity contribution >= 4 is 52.2 Å². The number of thioether (sulfide) groups is 1. The molecule has 1 aliphatic rings. The highest BCUT2D eigenvalue weighted by Crippen LogP contribution is 2.37. The molecular weight excluding hydrogens is 426 g/mol. The Kier molecular flexibility index (Phi) is 5.24. The van der Waals surface area contributed by atoms with E-state index in [0.717, 1.165) is 22.2 Å². The quantitative estimate of drug-likeness (QED) is 0.513. The Bertz CT molecular complexity index is 1210. The molecule has 0 saturated carbocycles. The van der Waals surface area contributed by atoms with E-state index in [9.17, 15) is 19.5 Å². The van der Waals surface area contributed by atoms with E-state index in [-0.39, 0.29) is 10.5 Å². The second-order valence-corrected chi connectivity index (χ2v) is 7.96. The molecule has 2 amide bonds. The fourth-order valence-electron chi connectivity index (χ4n) is 3.01. The largest absolute Gasteiger partial charge is 0.478 e. The summed E-state index contributed by atoms with van der Waals surface area (Å²) < 4.78 is 5.81. The van der Waals surface area contributed by atoms with Gasteiger partial charge in [0.15, 0.2) is 0 Å². The molecule has 150 valence electrons. The predicted molar refractivity (Wildman–Crippen MR) is 116 cm³/mol. The van der Waals surface area contributed by atoms with Crippen LogP contribution in [-0.4, -0.2) is 22.2 Å². The first-order valence-electron chi connectivity index (χ1n) is 8.81. The summed E-state index contributed by atoms with van der Waals surface area (Å²) in [5, 5.41) is 9.30. The summed E-state index contributed by atoms with van der Waals surface area (Å²) in [5.41, 5.74) is 2.08. The predicted octanol–water partition coefficient (Wildman–Crippen LogP) is 5.85. The van der Waals surface area contributed by atoms with Crippen molar-refractivity contribution in [2.24, 2.45) is 0 Å². The molecule has 1 saturated heterocycles. The lowest BCUT2D eigenvalue weighted by atomic mass is 10.0. The molecular formula is C22H14ClNO5S. The van der Waals surface area contributed by atoms with Gasteiger partial charge in [-0.1, -0.05) is 17.7 Å². The Morgan fingerprint density at radius 3 is 2.53 bits per heavy atom. The number of hydrogen-bond donors (Lipinski definition) is 1. The van der Waals surface area contributed by atoms with Gasteiger partial charge in [0.05, 0.1) is 16.2 Å². The highest BCUT2D eigenvalue weighted by molar-refractivity contribution is 8.19. The number of nitrogens with zero attached hydrogens (tertiary/aromatic N) is 1. The average Bonchev–Trinajstić information content (AvgIpc) is 3.27. The maximum absolute atomic E-state index is 12.7. The van der Waals surface area contributed by atoms with Crippen molar-refractivity contribution in [2.75, 3.05) is 4.90 Å². The highest BCUT2D eigenvalue weighted by atomic mass is 35.5. The fraction of sp³-hybridized carbons (Fsp3) is 0.0455. The van der Waals surface area contributed by atoms with Crippen LogP contribution in [0.15, 0.2) is 63.9 Å². The molecule has 6 nitrogen and oxygen atoms in total. The number of amides is 2. The second-order valence-electron chi connectivity index (χ2n) is 6.53. The first-order valence-corrected chi connectivity index (χ1v) is 10.0. The van der Waals surface area contributed by atoms with Crippen molar-refractivity contribution in [1.82, 2.24) is 0 Å². The second kappa shape index (κ2) is 7.85. The lowest BCUT2D eigenvalue weighted by molar-refractivity contribution is -0.113.